The monoisotopic (exact) mass is 355 g/mol. The predicted octanol–water partition coefficient (Wildman–Crippen LogP) is 3.24. The number of pyridine rings is 2. The summed E-state index contributed by atoms with van der Waals surface area (Å²) in [6.45, 7) is 0. The largest absolute Gasteiger partial charge is 0.322 e. The van der Waals surface area contributed by atoms with Crippen LogP contribution in [0.25, 0.3) is 0 Å². The van der Waals surface area contributed by atoms with Gasteiger partial charge in [0.1, 0.15) is 0 Å². The molecule has 0 aliphatic carbocycles. The number of hydrogen-bond acceptors (Lipinski definition) is 3. The Hall–Kier alpha value is -0.780. The SMILES string of the molecule is NC(Cc1ccncc1)c1ncc(Br)cc1Br. The van der Waals surface area contributed by atoms with Crippen molar-refractivity contribution >= 4 is 31.9 Å². The van der Waals surface area contributed by atoms with Crippen LogP contribution in [-0.2, 0) is 6.42 Å². The average molecular weight is 357 g/mol. The highest BCUT2D eigenvalue weighted by atomic mass is 79.9. The van der Waals surface area contributed by atoms with Crippen LogP contribution in [0, 0.1) is 0 Å². The third kappa shape index (κ3) is 3.34. The molecule has 2 aromatic rings. The molecule has 3 nitrogen and oxygen atoms in total. The lowest BCUT2D eigenvalue weighted by Crippen LogP contribution is -2.15. The number of halogens is 2. The molecule has 0 aromatic carbocycles. The Morgan fingerprint density at radius 2 is 1.94 bits per heavy atom. The van der Waals surface area contributed by atoms with E-state index in [0.717, 1.165) is 26.6 Å². The Labute approximate surface area is 117 Å². The first-order valence-corrected chi connectivity index (χ1v) is 6.71. The first kappa shape index (κ1) is 12.7. The van der Waals surface area contributed by atoms with Gasteiger partial charge in [-0.2, -0.15) is 0 Å². The highest BCUT2D eigenvalue weighted by molar-refractivity contribution is 9.11. The Balaban J connectivity index is 2.17. The van der Waals surface area contributed by atoms with E-state index in [9.17, 15) is 0 Å². The van der Waals surface area contributed by atoms with E-state index in [-0.39, 0.29) is 6.04 Å². The van der Waals surface area contributed by atoms with Crippen molar-refractivity contribution in [3.05, 3.63) is 57.0 Å². The van der Waals surface area contributed by atoms with E-state index in [4.69, 9.17) is 5.73 Å². The van der Waals surface area contributed by atoms with Crippen molar-refractivity contribution in [1.82, 2.24) is 9.97 Å². The maximum Gasteiger partial charge on any atom is 0.0716 e. The molecule has 1 unspecified atom stereocenters. The fourth-order valence-corrected chi connectivity index (χ4v) is 2.85. The molecule has 17 heavy (non-hydrogen) atoms. The summed E-state index contributed by atoms with van der Waals surface area (Å²) >= 11 is 6.85. The van der Waals surface area contributed by atoms with Crippen molar-refractivity contribution < 1.29 is 0 Å². The van der Waals surface area contributed by atoms with Gasteiger partial charge in [0.25, 0.3) is 0 Å². The molecule has 1 atom stereocenters. The Morgan fingerprint density at radius 3 is 2.59 bits per heavy atom. The van der Waals surface area contributed by atoms with Gasteiger partial charge in [0, 0.05) is 27.5 Å². The maximum absolute atomic E-state index is 6.15. The Bertz CT molecular complexity index is 502. The topological polar surface area (TPSA) is 51.8 Å². The fourth-order valence-electron chi connectivity index (χ4n) is 1.57. The molecule has 0 bridgehead atoms. The minimum absolute atomic E-state index is 0.125. The minimum Gasteiger partial charge on any atom is -0.322 e. The second-order valence-electron chi connectivity index (χ2n) is 3.69. The van der Waals surface area contributed by atoms with Gasteiger partial charge >= 0.3 is 0 Å². The van der Waals surface area contributed by atoms with Gasteiger partial charge in [-0.25, -0.2) is 0 Å². The van der Waals surface area contributed by atoms with Crippen molar-refractivity contribution in [3.8, 4) is 0 Å². The van der Waals surface area contributed by atoms with Crippen molar-refractivity contribution in [3.63, 3.8) is 0 Å². The normalized spacial score (nSPS) is 12.4. The van der Waals surface area contributed by atoms with Crippen LogP contribution in [0.5, 0.6) is 0 Å². The van der Waals surface area contributed by atoms with Gasteiger partial charge in [-0.15, -0.1) is 0 Å². The lowest BCUT2D eigenvalue weighted by atomic mass is 10.0. The second kappa shape index (κ2) is 5.71. The van der Waals surface area contributed by atoms with Gasteiger partial charge in [-0.1, -0.05) is 0 Å². The summed E-state index contributed by atoms with van der Waals surface area (Å²) in [5.41, 5.74) is 8.17. The van der Waals surface area contributed by atoms with Crippen LogP contribution in [-0.4, -0.2) is 9.97 Å². The summed E-state index contributed by atoms with van der Waals surface area (Å²) in [6.07, 6.45) is 6.04. The summed E-state index contributed by atoms with van der Waals surface area (Å²) in [7, 11) is 0. The number of nitrogens with two attached hydrogens (primary N) is 1. The lowest BCUT2D eigenvalue weighted by molar-refractivity contribution is 0.691. The number of rotatable bonds is 3. The summed E-state index contributed by atoms with van der Waals surface area (Å²) in [5, 5.41) is 0. The van der Waals surface area contributed by atoms with Gasteiger partial charge in [0.05, 0.1) is 11.7 Å². The minimum atomic E-state index is -0.125. The van der Waals surface area contributed by atoms with Crippen molar-refractivity contribution in [2.75, 3.05) is 0 Å². The molecule has 0 radical (unpaired) electrons. The Morgan fingerprint density at radius 1 is 1.24 bits per heavy atom. The van der Waals surface area contributed by atoms with E-state index >= 15 is 0 Å². The van der Waals surface area contributed by atoms with Crippen LogP contribution < -0.4 is 5.73 Å². The smallest absolute Gasteiger partial charge is 0.0716 e. The summed E-state index contributed by atoms with van der Waals surface area (Å²) in [6, 6.07) is 5.76. The van der Waals surface area contributed by atoms with E-state index in [2.05, 4.69) is 41.8 Å². The third-order valence-electron chi connectivity index (χ3n) is 2.39. The van der Waals surface area contributed by atoms with E-state index < -0.39 is 0 Å². The highest BCUT2D eigenvalue weighted by Crippen LogP contribution is 2.25. The van der Waals surface area contributed by atoms with Crippen LogP contribution in [0.3, 0.4) is 0 Å². The maximum atomic E-state index is 6.15. The van der Waals surface area contributed by atoms with E-state index in [1.54, 1.807) is 18.6 Å². The standard InChI is InChI=1S/C12H11Br2N3/c13-9-6-10(14)12(17-7-9)11(15)5-8-1-3-16-4-2-8/h1-4,6-7,11H,5,15H2. The quantitative estimate of drug-likeness (QED) is 0.918. The molecule has 88 valence electrons. The van der Waals surface area contributed by atoms with Crippen molar-refractivity contribution in [2.45, 2.75) is 12.5 Å². The van der Waals surface area contributed by atoms with E-state index in [1.807, 2.05) is 18.2 Å². The molecule has 0 aliphatic rings. The van der Waals surface area contributed by atoms with Crippen LogP contribution in [0.4, 0.5) is 0 Å². The van der Waals surface area contributed by atoms with Gasteiger partial charge in [0.2, 0.25) is 0 Å². The molecule has 0 amide bonds. The summed E-state index contributed by atoms with van der Waals surface area (Å²) in [5.74, 6) is 0. The number of hydrogen-bond donors (Lipinski definition) is 1. The van der Waals surface area contributed by atoms with Crippen LogP contribution in [0.1, 0.15) is 17.3 Å². The molecule has 5 heteroatoms. The predicted molar refractivity (Wildman–Crippen MR) is 74.5 cm³/mol. The second-order valence-corrected chi connectivity index (χ2v) is 5.46. The molecular weight excluding hydrogens is 346 g/mol. The lowest BCUT2D eigenvalue weighted by Gasteiger charge is -2.12. The van der Waals surface area contributed by atoms with Crippen LogP contribution in [0.2, 0.25) is 0 Å². The van der Waals surface area contributed by atoms with Crippen LogP contribution >= 0.6 is 31.9 Å². The molecule has 0 aliphatic heterocycles. The average Bonchev–Trinajstić information content (AvgIpc) is 2.30. The molecule has 0 saturated heterocycles. The molecular formula is C12H11Br2N3. The zero-order valence-electron chi connectivity index (χ0n) is 8.98. The molecule has 2 aromatic heterocycles. The third-order valence-corrected chi connectivity index (χ3v) is 3.46. The van der Waals surface area contributed by atoms with Crippen LogP contribution in [0.15, 0.2) is 45.7 Å². The zero-order valence-corrected chi connectivity index (χ0v) is 12.1. The van der Waals surface area contributed by atoms with E-state index in [1.165, 1.54) is 0 Å². The highest BCUT2D eigenvalue weighted by Gasteiger charge is 2.12. The Kier molecular flexibility index (Phi) is 4.25. The van der Waals surface area contributed by atoms with Gasteiger partial charge < -0.3 is 5.73 Å². The fraction of sp³-hybridized carbons (Fsp3) is 0.167. The van der Waals surface area contributed by atoms with Crippen molar-refractivity contribution in [2.24, 2.45) is 5.73 Å². The summed E-state index contributed by atoms with van der Waals surface area (Å²) in [4.78, 5) is 8.32. The van der Waals surface area contributed by atoms with Crippen molar-refractivity contribution in [1.29, 1.82) is 0 Å². The van der Waals surface area contributed by atoms with Gasteiger partial charge in [-0.3, -0.25) is 9.97 Å². The molecule has 2 N–H and O–H groups in total. The molecule has 0 spiro atoms. The van der Waals surface area contributed by atoms with Gasteiger partial charge in [-0.05, 0) is 62.0 Å². The summed E-state index contributed by atoms with van der Waals surface area (Å²) < 4.78 is 1.86. The molecule has 2 heterocycles. The molecule has 0 saturated carbocycles. The molecule has 2 rings (SSSR count). The van der Waals surface area contributed by atoms with E-state index in [0.29, 0.717) is 0 Å². The first-order valence-electron chi connectivity index (χ1n) is 5.12. The first-order chi connectivity index (χ1) is 8.16. The zero-order chi connectivity index (χ0) is 12.3. The number of nitrogens with zero attached hydrogens (tertiary/aromatic N) is 2. The molecule has 0 fully saturated rings. The van der Waals surface area contributed by atoms with Gasteiger partial charge in [0.15, 0.2) is 0 Å². The number of aromatic nitrogens is 2.